The number of nitrogens with zero attached hydrogens (tertiary/aromatic N) is 1. The molecule has 0 unspecified atom stereocenters. The Kier molecular flexibility index (Phi) is 7.06. The summed E-state index contributed by atoms with van der Waals surface area (Å²) < 4.78 is 31.2. The van der Waals surface area contributed by atoms with Crippen molar-refractivity contribution in [1.29, 1.82) is 0 Å². The maximum Gasteiger partial charge on any atom is 0.162 e. The zero-order valence-electron chi connectivity index (χ0n) is 13.3. The highest BCUT2D eigenvalue weighted by Gasteiger charge is 2.16. The number of piperidine rings is 1. The second-order valence-corrected chi connectivity index (χ2v) is 5.89. The lowest BCUT2D eigenvalue weighted by Gasteiger charge is -2.31. The average Bonchev–Trinajstić information content (AvgIpc) is 2.54. The minimum absolute atomic E-state index is 0.396. The summed E-state index contributed by atoms with van der Waals surface area (Å²) in [5.41, 5.74) is 0. The molecule has 3 nitrogen and oxygen atoms in total. The Hall–Kier alpha value is -1.20. The van der Waals surface area contributed by atoms with E-state index in [0.717, 1.165) is 37.9 Å². The lowest BCUT2D eigenvalue weighted by molar-refractivity contribution is 0.196. The minimum atomic E-state index is -0.859. The number of ether oxygens (including phenoxy) is 1. The van der Waals surface area contributed by atoms with Crippen LogP contribution < -0.4 is 10.1 Å². The van der Waals surface area contributed by atoms with Crippen molar-refractivity contribution in [3.8, 4) is 5.75 Å². The monoisotopic (exact) mass is 312 g/mol. The second-order valence-electron chi connectivity index (χ2n) is 5.89. The van der Waals surface area contributed by atoms with Gasteiger partial charge in [0.2, 0.25) is 0 Å². The predicted octanol–water partition coefficient (Wildman–Crippen LogP) is 3.20. The van der Waals surface area contributed by atoms with E-state index in [-0.39, 0.29) is 0 Å². The molecule has 0 radical (unpaired) electrons. The zero-order valence-corrected chi connectivity index (χ0v) is 13.3. The van der Waals surface area contributed by atoms with Crippen LogP contribution in [0.15, 0.2) is 18.2 Å². The summed E-state index contributed by atoms with van der Waals surface area (Å²) in [4.78, 5) is 2.52. The van der Waals surface area contributed by atoms with E-state index in [0.29, 0.717) is 18.4 Å². The molecule has 0 atom stereocenters. The number of hydrogen-bond donors (Lipinski definition) is 1. The fourth-order valence-electron chi connectivity index (χ4n) is 2.82. The Morgan fingerprint density at radius 1 is 1.14 bits per heavy atom. The molecule has 0 amide bonds. The quantitative estimate of drug-likeness (QED) is 0.746. The van der Waals surface area contributed by atoms with Gasteiger partial charge in [-0.25, -0.2) is 8.78 Å². The number of halogens is 2. The summed E-state index contributed by atoms with van der Waals surface area (Å²) in [5, 5.41) is 3.34. The third-order valence-corrected chi connectivity index (χ3v) is 4.27. The summed E-state index contributed by atoms with van der Waals surface area (Å²) in [7, 11) is 2.04. The first kappa shape index (κ1) is 17.2. The molecule has 1 aliphatic heterocycles. The maximum atomic E-state index is 13.0. The first-order chi connectivity index (χ1) is 10.7. The van der Waals surface area contributed by atoms with E-state index < -0.39 is 11.6 Å². The van der Waals surface area contributed by atoms with Crippen molar-refractivity contribution < 1.29 is 13.5 Å². The van der Waals surface area contributed by atoms with E-state index in [4.69, 9.17) is 4.74 Å². The molecule has 22 heavy (non-hydrogen) atoms. The molecule has 0 aromatic heterocycles. The van der Waals surface area contributed by atoms with Gasteiger partial charge < -0.3 is 15.0 Å². The third-order valence-electron chi connectivity index (χ3n) is 4.27. The van der Waals surface area contributed by atoms with Crippen LogP contribution in [0.2, 0.25) is 0 Å². The molecule has 1 aromatic carbocycles. The van der Waals surface area contributed by atoms with Crippen molar-refractivity contribution >= 4 is 0 Å². The number of likely N-dealkylation sites (tertiary alicyclic amines) is 1. The molecule has 0 saturated carbocycles. The highest BCUT2D eigenvalue weighted by molar-refractivity contribution is 5.23. The van der Waals surface area contributed by atoms with Crippen LogP contribution in [0.5, 0.6) is 5.75 Å². The van der Waals surface area contributed by atoms with Crippen LogP contribution in [0.3, 0.4) is 0 Å². The van der Waals surface area contributed by atoms with E-state index >= 15 is 0 Å². The highest BCUT2D eigenvalue weighted by atomic mass is 19.2. The van der Waals surface area contributed by atoms with E-state index in [1.165, 1.54) is 32.0 Å². The molecule has 1 heterocycles. The molecule has 1 saturated heterocycles. The van der Waals surface area contributed by atoms with E-state index in [1.807, 2.05) is 7.05 Å². The van der Waals surface area contributed by atoms with Gasteiger partial charge >= 0.3 is 0 Å². The number of rotatable bonds is 8. The van der Waals surface area contributed by atoms with Crippen LogP contribution >= 0.6 is 0 Å². The van der Waals surface area contributed by atoms with Crippen LogP contribution in [0, 0.1) is 11.6 Å². The maximum absolute atomic E-state index is 13.0. The largest absolute Gasteiger partial charge is 0.493 e. The number of hydrogen-bond acceptors (Lipinski definition) is 3. The molecule has 1 aromatic rings. The standard InChI is InChI=1S/C17H26F2N2O/c1-20-14-7-10-21(11-8-14)9-3-2-4-12-22-15-5-6-16(18)17(19)13-15/h5-6,13-14,20H,2-4,7-12H2,1H3. The molecule has 1 N–H and O–H groups in total. The molecular weight excluding hydrogens is 286 g/mol. The van der Waals surface area contributed by atoms with Gasteiger partial charge in [-0.2, -0.15) is 0 Å². The minimum Gasteiger partial charge on any atom is -0.493 e. The Morgan fingerprint density at radius 3 is 2.59 bits per heavy atom. The first-order valence-electron chi connectivity index (χ1n) is 8.16. The number of unbranched alkanes of at least 4 members (excludes halogenated alkanes) is 2. The summed E-state index contributed by atoms with van der Waals surface area (Å²) in [6.07, 6.45) is 5.65. The molecule has 0 aliphatic carbocycles. The summed E-state index contributed by atoms with van der Waals surface area (Å²) in [5.74, 6) is -1.30. The average molecular weight is 312 g/mol. The first-order valence-corrected chi connectivity index (χ1v) is 8.16. The lowest BCUT2D eigenvalue weighted by Crippen LogP contribution is -2.41. The lowest BCUT2D eigenvalue weighted by atomic mass is 10.1. The molecule has 0 bridgehead atoms. The van der Waals surface area contributed by atoms with Gasteiger partial charge in [0.15, 0.2) is 11.6 Å². The van der Waals surface area contributed by atoms with Crippen LogP contribution in [-0.4, -0.2) is 44.2 Å². The van der Waals surface area contributed by atoms with Crippen LogP contribution in [0.1, 0.15) is 32.1 Å². The summed E-state index contributed by atoms with van der Waals surface area (Å²) in [6.45, 7) is 4.04. The smallest absolute Gasteiger partial charge is 0.162 e. The van der Waals surface area contributed by atoms with Gasteiger partial charge in [0.25, 0.3) is 0 Å². The van der Waals surface area contributed by atoms with Gasteiger partial charge in [-0.3, -0.25) is 0 Å². The summed E-state index contributed by atoms with van der Waals surface area (Å²) >= 11 is 0. The van der Waals surface area contributed by atoms with Crippen molar-refractivity contribution in [3.63, 3.8) is 0 Å². The molecule has 1 aliphatic rings. The van der Waals surface area contributed by atoms with Crippen molar-refractivity contribution in [2.45, 2.75) is 38.1 Å². The van der Waals surface area contributed by atoms with Crippen LogP contribution in [-0.2, 0) is 0 Å². The normalized spacial score (nSPS) is 16.9. The van der Waals surface area contributed by atoms with E-state index in [2.05, 4.69) is 10.2 Å². The molecule has 0 spiro atoms. The number of nitrogens with one attached hydrogen (secondary N) is 1. The fourth-order valence-corrected chi connectivity index (χ4v) is 2.82. The Morgan fingerprint density at radius 2 is 1.91 bits per heavy atom. The van der Waals surface area contributed by atoms with E-state index in [1.54, 1.807) is 0 Å². The van der Waals surface area contributed by atoms with Gasteiger partial charge in [-0.05, 0) is 70.9 Å². The second kappa shape index (κ2) is 9.06. The zero-order chi connectivity index (χ0) is 15.8. The van der Waals surface area contributed by atoms with Crippen molar-refractivity contribution in [1.82, 2.24) is 10.2 Å². The number of benzene rings is 1. The van der Waals surface area contributed by atoms with Gasteiger partial charge in [-0.15, -0.1) is 0 Å². The SMILES string of the molecule is CNC1CCN(CCCCCOc2ccc(F)c(F)c2)CC1. The van der Waals surface area contributed by atoms with Gasteiger partial charge in [0.1, 0.15) is 5.75 Å². The van der Waals surface area contributed by atoms with Gasteiger partial charge in [-0.1, -0.05) is 0 Å². The van der Waals surface area contributed by atoms with Crippen LogP contribution in [0.25, 0.3) is 0 Å². The van der Waals surface area contributed by atoms with Crippen molar-refractivity contribution in [2.75, 3.05) is 33.3 Å². The molecule has 2 rings (SSSR count). The topological polar surface area (TPSA) is 24.5 Å². The Bertz CT molecular complexity index is 448. The highest BCUT2D eigenvalue weighted by Crippen LogP contribution is 2.16. The summed E-state index contributed by atoms with van der Waals surface area (Å²) in [6, 6.07) is 4.34. The predicted molar refractivity (Wildman–Crippen MR) is 84.2 cm³/mol. The molecule has 5 heteroatoms. The van der Waals surface area contributed by atoms with Gasteiger partial charge in [0, 0.05) is 12.1 Å². The molecule has 1 fully saturated rings. The van der Waals surface area contributed by atoms with E-state index in [9.17, 15) is 8.78 Å². The van der Waals surface area contributed by atoms with Crippen LogP contribution in [0.4, 0.5) is 8.78 Å². The van der Waals surface area contributed by atoms with Crippen molar-refractivity contribution in [3.05, 3.63) is 29.8 Å². The van der Waals surface area contributed by atoms with Gasteiger partial charge in [0.05, 0.1) is 6.61 Å². The Balaban J connectivity index is 1.52. The fraction of sp³-hybridized carbons (Fsp3) is 0.647. The third kappa shape index (κ3) is 5.54. The molecular formula is C17H26F2N2O. The van der Waals surface area contributed by atoms with Crippen molar-refractivity contribution in [2.24, 2.45) is 0 Å². The Labute approximate surface area is 131 Å². The molecule has 124 valence electrons.